The number of carbonyl (C=O) groups is 1. The number of hydrogen-bond donors (Lipinski definition) is 2. The molecule has 0 aliphatic carbocycles. The molecule has 1 aliphatic rings. The summed E-state index contributed by atoms with van der Waals surface area (Å²) in [4.78, 5) is 20.7. The normalized spacial score (nSPS) is 14.4. The van der Waals surface area contributed by atoms with Gasteiger partial charge >= 0.3 is 5.97 Å². The summed E-state index contributed by atoms with van der Waals surface area (Å²) in [7, 11) is 0. The summed E-state index contributed by atoms with van der Waals surface area (Å²) in [6, 6.07) is 26.5. The Morgan fingerprint density at radius 1 is 0.698 bits per heavy atom. The molecule has 1 aliphatic heterocycles. The number of aliphatic hydroxyl groups is 1. The molecule has 1 atom stereocenters. The van der Waals surface area contributed by atoms with Gasteiger partial charge in [-0.15, -0.1) is 0 Å². The number of esters is 1. The highest BCUT2D eigenvalue weighted by Gasteiger charge is 2.39. The van der Waals surface area contributed by atoms with Crippen molar-refractivity contribution in [1.29, 1.82) is 10.5 Å². The summed E-state index contributed by atoms with van der Waals surface area (Å²) in [6.07, 6.45) is 6.76. The largest absolute Gasteiger partial charge is 0.488 e. The number of aliphatic hydroxyl groups excluding tert-OH is 1. The van der Waals surface area contributed by atoms with Gasteiger partial charge in [-0.3, -0.25) is 20.1 Å². The topological polar surface area (TPSA) is 169 Å². The van der Waals surface area contributed by atoms with Crippen LogP contribution in [0.1, 0.15) is 69.0 Å². The minimum Gasteiger partial charge on any atom is -0.488 e. The molecule has 3 heterocycles. The number of hydrogen-bond acceptors (Lipinski definition) is 12. The Bertz CT molecular complexity index is 2750. The molecule has 63 heavy (non-hydrogen) atoms. The number of pyridine rings is 2. The van der Waals surface area contributed by atoms with Crippen molar-refractivity contribution in [2.75, 3.05) is 6.61 Å². The lowest BCUT2D eigenvalue weighted by molar-refractivity contribution is -0.143. The van der Waals surface area contributed by atoms with E-state index in [2.05, 4.69) is 46.5 Å². The smallest absolute Gasteiger partial charge is 0.326 e. The molecular formula is C49H43Cl2N5O7. The van der Waals surface area contributed by atoms with Crippen LogP contribution >= 0.6 is 23.2 Å². The average Bonchev–Trinajstić information content (AvgIpc) is 3.64. The SMILES string of the molecule is Cc1c(COc2cc(OCc3cncc(C#N)c3)c(CO)cc2Cl)cccc1-c1cccc(COc2cc(OCc3cncc(C#N)c3)c(CNC3(C)CCOC3=O)cc2Cl)c1C. The first-order chi connectivity index (χ1) is 30.5. The van der Waals surface area contributed by atoms with Gasteiger partial charge in [-0.05, 0) is 78.4 Å². The summed E-state index contributed by atoms with van der Waals surface area (Å²) in [5.74, 6) is 1.39. The predicted octanol–water partition coefficient (Wildman–Crippen LogP) is 9.41. The molecule has 0 bridgehead atoms. The summed E-state index contributed by atoms with van der Waals surface area (Å²) >= 11 is 13.5. The molecule has 14 heteroatoms. The van der Waals surface area contributed by atoms with Gasteiger partial charge in [-0.2, -0.15) is 10.5 Å². The molecule has 0 radical (unpaired) electrons. The number of nitrogens with one attached hydrogen (secondary N) is 1. The highest BCUT2D eigenvalue weighted by molar-refractivity contribution is 6.32. The van der Waals surface area contributed by atoms with Crippen molar-refractivity contribution in [3.63, 3.8) is 0 Å². The van der Waals surface area contributed by atoms with Crippen LogP contribution < -0.4 is 24.3 Å². The highest BCUT2D eigenvalue weighted by Crippen LogP contribution is 2.38. The van der Waals surface area contributed by atoms with Gasteiger partial charge in [-0.25, -0.2) is 0 Å². The van der Waals surface area contributed by atoms with E-state index in [-0.39, 0.29) is 45.5 Å². The lowest BCUT2D eigenvalue weighted by Crippen LogP contribution is -2.45. The Morgan fingerprint density at radius 2 is 1.19 bits per heavy atom. The van der Waals surface area contributed by atoms with E-state index >= 15 is 0 Å². The van der Waals surface area contributed by atoms with Crippen LogP contribution in [0.2, 0.25) is 10.0 Å². The number of carbonyl (C=O) groups excluding carboxylic acids is 1. The number of cyclic esters (lactones) is 1. The molecule has 2 N–H and O–H groups in total. The van der Waals surface area contributed by atoms with Crippen LogP contribution in [0.4, 0.5) is 0 Å². The maximum Gasteiger partial charge on any atom is 0.326 e. The third kappa shape index (κ3) is 10.5. The van der Waals surface area contributed by atoms with Gasteiger partial charge in [0.2, 0.25) is 0 Å². The van der Waals surface area contributed by atoms with Crippen molar-refractivity contribution in [2.45, 2.75) is 72.3 Å². The van der Waals surface area contributed by atoms with Crippen LogP contribution in [0, 0.1) is 36.5 Å². The van der Waals surface area contributed by atoms with E-state index in [1.54, 1.807) is 48.8 Å². The van der Waals surface area contributed by atoms with Crippen LogP contribution in [-0.2, 0) is 49.1 Å². The minimum absolute atomic E-state index is 0.131. The van der Waals surface area contributed by atoms with Gasteiger partial charge < -0.3 is 28.8 Å². The molecule has 1 fully saturated rings. The van der Waals surface area contributed by atoms with Crippen molar-refractivity contribution in [2.24, 2.45) is 0 Å². The van der Waals surface area contributed by atoms with Crippen LogP contribution in [0.3, 0.4) is 0 Å². The van der Waals surface area contributed by atoms with Crippen molar-refractivity contribution < 1.29 is 33.6 Å². The standard InChI is InChI=1S/C49H43Cl2N5O7/c1-30-36(28-62-46-16-44(60-26-34-12-32(18-52)20-54-22-34)38(14-42(46)50)24-56-49(3)10-11-59-48(49)58)6-4-8-40(30)41-9-5-7-37(31(41)2)29-63-47-17-45(39(25-57)15-43(47)51)61-27-35-13-33(19-53)21-55-23-35/h4-9,12-17,20-23,56-57H,10-11,24-29H2,1-3H3. The zero-order chi connectivity index (χ0) is 44.5. The van der Waals surface area contributed by atoms with Crippen molar-refractivity contribution in [3.05, 3.63) is 163 Å². The van der Waals surface area contributed by atoms with Gasteiger partial charge in [0.05, 0.1) is 34.4 Å². The summed E-state index contributed by atoms with van der Waals surface area (Å²) < 4.78 is 30.2. The molecule has 6 aromatic rings. The van der Waals surface area contributed by atoms with Crippen molar-refractivity contribution in [3.8, 4) is 46.3 Å². The second-order valence-corrected chi connectivity index (χ2v) is 16.0. The Hall–Kier alpha value is -6.67. The van der Waals surface area contributed by atoms with Crippen LogP contribution in [0.15, 0.2) is 97.6 Å². The monoisotopic (exact) mass is 883 g/mol. The summed E-state index contributed by atoms with van der Waals surface area (Å²) in [5, 5.41) is 32.6. The molecule has 320 valence electrons. The number of halogens is 2. The van der Waals surface area contributed by atoms with Crippen molar-refractivity contribution >= 4 is 29.2 Å². The van der Waals surface area contributed by atoms with E-state index < -0.39 is 5.54 Å². The second kappa shape index (κ2) is 20.0. The predicted molar refractivity (Wildman–Crippen MR) is 236 cm³/mol. The molecule has 0 saturated carbocycles. The Labute approximate surface area is 375 Å². The quantitative estimate of drug-likeness (QED) is 0.0834. The number of rotatable bonds is 17. The first-order valence-corrected chi connectivity index (χ1v) is 20.8. The van der Waals surface area contributed by atoms with Gasteiger partial charge in [0.15, 0.2) is 0 Å². The molecule has 1 unspecified atom stereocenters. The zero-order valence-corrected chi connectivity index (χ0v) is 36.3. The van der Waals surface area contributed by atoms with E-state index in [1.165, 1.54) is 12.4 Å². The zero-order valence-electron chi connectivity index (χ0n) is 34.8. The molecule has 4 aromatic carbocycles. The highest BCUT2D eigenvalue weighted by atomic mass is 35.5. The lowest BCUT2D eigenvalue weighted by Gasteiger charge is -2.22. The molecular weight excluding hydrogens is 841 g/mol. The van der Waals surface area contributed by atoms with E-state index in [1.807, 2.05) is 38.1 Å². The fraction of sp³-hybridized carbons (Fsp3) is 0.245. The Balaban J connectivity index is 1.07. The maximum atomic E-state index is 12.5. The van der Waals surface area contributed by atoms with Gasteiger partial charge in [-0.1, -0.05) is 59.6 Å². The van der Waals surface area contributed by atoms with Crippen LogP contribution in [-0.4, -0.2) is 33.2 Å². The maximum absolute atomic E-state index is 12.5. The third-order valence-corrected chi connectivity index (χ3v) is 11.5. The van der Waals surface area contributed by atoms with Gasteiger partial charge in [0.25, 0.3) is 0 Å². The molecule has 1 saturated heterocycles. The fourth-order valence-corrected chi connectivity index (χ4v) is 7.60. The minimum atomic E-state index is -0.842. The third-order valence-electron chi connectivity index (χ3n) is 10.9. The molecule has 12 nitrogen and oxygen atoms in total. The average molecular weight is 885 g/mol. The van der Waals surface area contributed by atoms with Gasteiger partial charge in [0, 0.05) is 72.1 Å². The van der Waals surface area contributed by atoms with E-state index in [9.17, 15) is 20.4 Å². The van der Waals surface area contributed by atoms with Crippen LogP contribution in [0.5, 0.6) is 23.0 Å². The van der Waals surface area contributed by atoms with E-state index in [4.69, 9.17) is 46.9 Å². The number of benzene rings is 4. The number of nitrogens with zero attached hydrogens (tertiary/aromatic N) is 4. The van der Waals surface area contributed by atoms with E-state index in [0.29, 0.717) is 79.5 Å². The fourth-order valence-electron chi connectivity index (χ4n) is 7.12. The first-order valence-electron chi connectivity index (χ1n) is 20.0. The van der Waals surface area contributed by atoms with Crippen LogP contribution in [0.25, 0.3) is 11.1 Å². The molecule has 7 rings (SSSR count). The first kappa shape index (κ1) is 44.4. The Kier molecular flexibility index (Phi) is 14.1. The second-order valence-electron chi connectivity index (χ2n) is 15.2. The lowest BCUT2D eigenvalue weighted by atomic mass is 9.92. The number of nitriles is 2. The molecule has 0 amide bonds. The molecule has 2 aromatic heterocycles. The number of ether oxygens (including phenoxy) is 5. The Morgan fingerprint density at radius 3 is 1.67 bits per heavy atom. The van der Waals surface area contributed by atoms with Gasteiger partial charge in [0.1, 0.15) is 67.1 Å². The van der Waals surface area contributed by atoms with E-state index in [0.717, 1.165) is 33.4 Å². The summed E-state index contributed by atoms with van der Waals surface area (Å²) in [5.41, 5.74) is 8.60. The summed E-state index contributed by atoms with van der Waals surface area (Å²) in [6.45, 7) is 6.93. The van der Waals surface area contributed by atoms with Crippen molar-refractivity contribution in [1.82, 2.24) is 15.3 Å². The molecule has 0 spiro atoms. The number of aromatic nitrogens is 2.